The molecule has 0 atom stereocenters. The van der Waals surface area contributed by atoms with Crippen LogP contribution in [0.1, 0.15) is 5.69 Å². The summed E-state index contributed by atoms with van der Waals surface area (Å²) >= 11 is 0. The van der Waals surface area contributed by atoms with Gasteiger partial charge in [-0.15, -0.1) is 0 Å². The number of anilines is 2. The van der Waals surface area contributed by atoms with Gasteiger partial charge in [-0.1, -0.05) is 0 Å². The molecule has 0 saturated carbocycles. The molecule has 0 unspecified atom stereocenters. The summed E-state index contributed by atoms with van der Waals surface area (Å²) in [6.45, 7) is 1.84. The second-order valence-electron chi connectivity index (χ2n) is 7.86. The topological polar surface area (TPSA) is 72.2 Å². The van der Waals surface area contributed by atoms with E-state index in [1.54, 1.807) is 6.20 Å². The number of morpholine rings is 1. The molecule has 32 heavy (non-hydrogen) atoms. The summed E-state index contributed by atoms with van der Waals surface area (Å²) in [4.78, 5) is 16.1. The van der Waals surface area contributed by atoms with Crippen LogP contribution < -0.4 is 9.80 Å². The molecule has 170 valence electrons. The van der Waals surface area contributed by atoms with E-state index in [4.69, 9.17) is 4.74 Å². The normalized spacial score (nSPS) is 18.6. The summed E-state index contributed by atoms with van der Waals surface area (Å²) in [5.41, 5.74) is -0.138. The molecule has 0 N–H and O–H groups in total. The van der Waals surface area contributed by atoms with Crippen molar-refractivity contribution in [1.82, 2.24) is 24.7 Å². The first kappa shape index (κ1) is 20.8. The third-order valence-corrected chi connectivity index (χ3v) is 5.58. The van der Waals surface area contributed by atoms with Gasteiger partial charge in [0.2, 0.25) is 0 Å². The Kier molecular flexibility index (Phi) is 4.87. The average molecular weight is 455 g/mol. The maximum atomic E-state index is 12.8. The minimum Gasteiger partial charge on any atom is -0.368 e. The van der Waals surface area contributed by atoms with Crippen LogP contribution in [0.2, 0.25) is 0 Å². The molecule has 8 nitrogen and oxygen atoms in total. The molecule has 2 aliphatic heterocycles. The second kappa shape index (κ2) is 7.50. The van der Waals surface area contributed by atoms with Crippen LogP contribution in [-0.2, 0) is 17.5 Å². The molecule has 0 amide bonds. The molecular formula is C19H18F5N7O. The fraction of sp³-hybridized carbons (Fsp3) is 0.474. The Labute approximate surface area is 178 Å². The van der Waals surface area contributed by atoms with E-state index in [2.05, 4.69) is 20.1 Å². The number of nitrogens with zero attached hydrogens (tertiary/aromatic N) is 7. The predicted octanol–water partition coefficient (Wildman–Crippen LogP) is 2.60. The van der Waals surface area contributed by atoms with E-state index >= 15 is 0 Å². The molecule has 3 aromatic heterocycles. The zero-order valence-corrected chi connectivity index (χ0v) is 16.6. The van der Waals surface area contributed by atoms with Crippen LogP contribution in [0.3, 0.4) is 0 Å². The quantitative estimate of drug-likeness (QED) is 0.560. The first-order valence-electron chi connectivity index (χ1n) is 9.86. The summed E-state index contributed by atoms with van der Waals surface area (Å²) in [6.07, 6.45) is -2.86. The molecule has 0 aliphatic carbocycles. The van der Waals surface area contributed by atoms with Gasteiger partial charge < -0.3 is 14.5 Å². The molecule has 13 heteroatoms. The van der Waals surface area contributed by atoms with Crippen molar-refractivity contribution in [3.8, 4) is 0 Å². The maximum Gasteiger partial charge on any atom is 0.433 e. The molecular weight excluding hydrogens is 437 g/mol. The van der Waals surface area contributed by atoms with Crippen LogP contribution in [0.4, 0.5) is 33.5 Å². The lowest BCUT2D eigenvalue weighted by Crippen LogP contribution is -2.70. The molecule has 2 fully saturated rings. The smallest absolute Gasteiger partial charge is 0.368 e. The van der Waals surface area contributed by atoms with Gasteiger partial charge >= 0.3 is 6.18 Å². The van der Waals surface area contributed by atoms with Gasteiger partial charge in [-0.2, -0.15) is 18.3 Å². The molecule has 3 aromatic rings. The number of pyridine rings is 1. The zero-order valence-electron chi connectivity index (χ0n) is 16.6. The van der Waals surface area contributed by atoms with Gasteiger partial charge in [0, 0.05) is 6.54 Å². The molecule has 5 heterocycles. The van der Waals surface area contributed by atoms with Crippen molar-refractivity contribution in [2.75, 3.05) is 42.6 Å². The Morgan fingerprint density at radius 2 is 1.81 bits per heavy atom. The van der Waals surface area contributed by atoms with Gasteiger partial charge in [0.05, 0.1) is 50.5 Å². The number of fused-ring (bicyclic) bond motifs is 1. The lowest BCUT2D eigenvalue weighted by molar-refractivity contribution is -0.141. The van der Waals surface area contributed by atoms with Crippen molar-refractivity contribution in [3.05, 3.63) is 36.4 Å². The van der Waals surface area contributed by atoms with Gasteiger partial charge in [-0.05, 0) is 12.1 Å². The highest BCUT2D eigenvalue weighted by atomic mass is 19.4. The lowest BCUT2D eigenvalue weighted by Gasteiger charge is -2.54. The predicted molar refractivity (Wildman–Crippen MR) is 104 cm³/mol. The number of halogens is 5. The van der Waals surface area contributed by atoms with Gasteiger partial charge in [0.25, 0.3) is 6.43 Å². The zero-order chi connectivity index (χ0) is 22.5. The Morgan fingerprint density at radius 1 is 1.03 bits per heavy atom. The van der Waals surface area contributed by atoms with Crippen molar-refractivity contribution >= 4 is 22.7 Å². The third kappa shape index (κ3) is 3.80. The number of hydrogen-bond acceptors (Lipinski definition) is 7. The molecule has 2 aliphatic rings. The SMILES string of the molecule is FC(F)Cn1ncc2ncc(N3CC4(CN(c5ccc(C(F)(F)F)nc5)CCO4)C3)nc21. The highest BCUT2D eigenvalue weighted by Crippen LogP contribution is 2.35. The van der Waals surface area contributed by atoms with Gasteiger partial charge in [-0.3, -0.25) is 0 Å². The maximum absolute atomic E-state index is 12.8. The van der Waals surface area contributed by atoms with E-state index in [0.717, 1.165) is 10.7 Å². The second-order valence-corrected chi connectivity index (χ2v) is 7.86. The Bertz CT molecular complexity index is 1110. The molecule has 1 spiro atoms. The van der Waals surface area contributed by atoms with E-state index in [0.29, 0.717) is 49.8 Å². The summed E-state index contributed by atoms with van der Waals surface area (Å²) < 4.78 is 70.9. The van der Waals surface area contributed by atoms with E-state index in [9.17, 15) is 22.0 Å². The molecule has 5 rings (SSSR count). The molecule has 0 aromatic carbocycles. The van der Waals surface area contributed by atoms with Crippen LogP contribution in [0.15, 0.2) is 30.7 Å². The van der Waals surface area contributed by atoms with Crippen LogP contribution in [0.5, 0.6) is 0 Å². The minimum absolute atomic E-state index is 0.283. The average Bonchev–Trinajstić information content (AvgIpc) is 3.13. The van der Waals surface area contributed by atoms with Gasteiger partial charge in [0.15, 0.2) is 5.65 Å². The van der Waals surface area contributed by atoms with E-state index in [-0.39, 0.29) is 5.65 Å². The standard InChI is InChI=1S/C19H18F5N7O/c20-15(21)8-31-17-13(6-27-31)25-7-16(28-17)30-10-18(11-30)9-29(3-4-32-18)12-1-2-14(26-5-12)19(22,23)24/h1-2,5-7,15H,3-4,8-11H2. The summed E-state index contributed by atoms with van der Waals surface area (Å²) in [5.74, 6) is 0.524. The fourth-order valence-electron chi connectivity index (χ4n) is 4.07. The van der Waals surface area contributed by atoms with Crippen LogP contribution in [-0.4, -0.2) is 69.5 Å². The lowest BCUT2D eigenvalue weighted by atomic mass is 9.91. The van der Waals surface area contributed by atoms with Crippen molar-refractivity contribution in [1.29, 1.82) is 0 Å². The van der Waals surface area contributed by atoms with Gasteiger partial charge in [-0.25, -0.2) is 28.4 Å². The molecule has 2 saturated heterocycles. The Morgan fingerprint density at radius 3 is 2.50 bits per heavy atom. The Hall–Kier alpha value is -3.09. The van der Waals surface area contributed by atoms with Crippen LogP contribution in [0, 0.1) is 0 Å². The highest BCUT2D eigenvalue weighted by molar-refractivity contribution is 5.71. The summed E-state index contributed by atoms with van der Waals surface area (Å²) in [7, 11) is 0. The molecule has 0 radical (unpaired) electrons. The fourth-order valence-corrected chi connectivity index (χ4v) is 4.07. The Balaban J connectivity index is 1.28. The third-order valence-electron chi connectivity index (χ3n) is 5.58. The van der Waals surface area contributed by atoms with Crippen LogP contribution >= 0.6 is 0 Å². The monoisotopic (exact) mass is 455 g/mol. The highest BCUT2D eigenvalue weighted by Gasteiger charge is 2.48. The largest absolute Gasteiger partial charge is 0.433 e. The number of aromatic nitrogens is 5. The number of hydrogen-bond donors (Lipinski definition) is 0. The number of ether oxygens (including phenoxy) is 1. The first-order valence-corrected chi connectivity index (χ1v) is 9.86. The van der Waals surface area contributed by atoms with Crippen molar-refractivity contribution < 1.29 is 26.7 Å². The van der Waals surface area contributed by atoms with E-state index in [1.807, 2.05) is 9.80 Å². The van der Waals surface area contributed by atoms with E-state index < -0.39 is 30.4 Å². The van der Waals surface area contributed by atoms with Crippen molar-refractivity contribution in [2.45, 2.75) is 24.7 Å². The molecule has 0 bridgehead atoms. The van der Waals surface area contributed by atoms with Gasteiger partial charge in [0.1, 0.15) is 29.2 Å². The minimum atomic E-state index is -4.48. The van der Waals surface area contributed by atoms with E-state index in [1.165, 1.54) is 18.5 Å². The van der Waals surface area contributed by atoms with Crippen LogP contribution in [0.25, 0.3) is 11.2 Å². The summed E-state index contributed by atoms with van der Waals surface area (Å²) in [6, 6.07) is 2.38. The number of rotatable bonds is 4. The van der Waals surface area contributed by atoms with Crippen molar-refractivity contribution in [3.63, 3.8) is 0 Å². The van der Waals surface area contributed by atoms with Crippen molar-refractivity contribution in [2.24, 2.45) is 0 Å². The first-order chi connectivity index (χ1) is 15.2. The summed E-state index contributed by atoms with van der Waals surface area (Å²) in [5, 5.41) is 3.91. The number of alkyl halides is 5.